The lowest BCUT2D eigenvalue weighted by molar-refractivity contribution is -0.142. The van der Waals surface area contributed by atoms with Gasteiger partial charge in [-0.3, -0.25) is 9.88 Å². The number of ether oxygens (including phenoxy) is 1. The summed E-state index contributed by atoms with van der Waals surface area (Å²) in [6, 6.07) is 9.75. The topological polar surface area (TPSA) is 79.7 Å². The molecule has 0 saturated heterocycles. The van der Waals surface area contributed by atoms with E-state index in [1.165, 1.54) is 13.2 Å². The fraction of sp³-hybridized carbons (Fsp3) is 0.235. The Bertz CT molecular complexity index is 688. The first-order valence-electron chi connectivity index (χ1n) is 7.07. The van der Waals surface area contributed by atoms with Crippen molar-refractivity contribution in [1.29, 1.82) is 0 Å². The molecule has 1 heterocycles. The lowest BCUT2D eigenvalue weighted by atomic mass is 10.0. The average molecular weight is 314 g/mol. The summed E-state index contributed by atoms with van der Waals surface area (Å²) in [7, 11) is 1.40. The van der Waals surface area contributed by atoms with Crippen LogP contribution in [0.4, 0.5) is 4.79 Å². The van der Waals surface area contributed by atoms with Crippen LogP contribution in [0, 0.1) is 6.92 Å². The number of aliphatic carboxylic acids is 1. The molecule has 0 aliphatic heterocycles. The number of aromatic nitrogens is 1. The smallest absolute Gasteiger partial charge is 0.410 e. The van der Waals surface area contributed by atoms with Gasteiger partial charge in [0.2, 0.25) is 0 Å². The molecule has 1 amide bonds. The fourth-order valence-electron chi connectivity index (χ4n) is 2.20. The van der Waals surface area contributed by atoms with Crippen molar-refractivity contribution in [2.75, 3.05) is 7.05 Å². The molecule has 0 fully saturated rings. The van der Waals surface area contributed by atoms with Gasteiger partial charge < -0.3 is 9.84 Å². The SMILES string of the molecule is Cc1ccncc1C(C(=O)O)N(C)C(=O)OCc1ccccc1. The van der Waals surface area contributed by atoms with E-state index >= 15 is 0 Å². The highest BCUT2D eigenvalue weighted by Gasteiger charge is 2.30. The summed E-state index contributed by atoms with van der Waals surface area (Å²) in [5.41, 5.74) is 2.04. The third-order valence-corrected chi connectivity index (χ3v) is 3.49. The van der Waals surface area contributed by atoms with Crippen molar-refractivity contribution in [3.63, 3.8) is 0 Å². The summed E-state index contributed by atoms with van der Waals surface area (Å²) >= 11 is 0. The molecule has 6 nitrogen and oxygen atoms in total. The number of hydrogen-bond acceptors (Lipinski definition) is 4. The minimum Gasteiger partial charge on any atom is -0.479 e. The summed E-state index contributed by atoms with van der Waals surface area (Å²) in [5.74, 6) is -1.14. The largest absolute Gasteiger partial charge is 0.479 e. The minimum absolute atomic E-state index is 0.0857. The maximum absolute atomic E-state index is 12.2. The minimum atomic E-state index is -1.15. The number of likely N-dealkylation sites (N-methyl/N-ethyl adjacent to an activating group) is 1. The van der Waals surface area contributed by atoms with E-state index in [2.05, 4.69) is 4.98 Å². The van der Waals surface area contributed by atoms with Gasteiger partial charge in [0.25, 0.3) is 0 Å². The highest BCUT2D eigenvalue weighted by Crippen LogP contribution is 2.23. The highest BCUT2D eigenvalue weighted by atomic mass is 16.6. The molecular weight excluding hydrogens is 296 g/mol. The zero-order valence-corrected chi connectivity index (χ0v) is 13.0. The molecule has 0 aliphatic carbocycles. The Balaban J connectivity index is 2.12. The van der Waals surface area contributed by atoms with Crippen molar-refractivity contribution >= 4 is 12.1 Å². The Morgan fingerprint density at radius 3 is 2.57 bits per heavy atom. The maximum Gasteiger partial charge on any atom is 0.410 e. The van der Waals surface area contributed by atoms with Gasteiger partial charge in [-0.15, -0.1) is 0 Å². The van der Waals surface area contributed by atoms with E-state index in [1.807, 2.05) is 30.3 Å². The number of aryl methyl sites for hydroxylation is 1. The van der Waals surface area contributed by atoms with Gasteiger partial charge in [-0.2, -0.15) is 0 Å². The van der Waals surface area contributed by atoms with Crippen molar-refractivity contribution in [1.82, 2.24) is 9.88 Å². The number of rotatable bonds is 5. The normalized spacial score (nSPS) is 11.6. The Morgan fingerprint density at radius 1 is 1.26 bits per heavy atom. The molecule has 0 aliphatic rings. The number of carbonyl (C=O) groups is 2. The van der Waals surface area contributed by atoms with Crippen LogP contribution in [0.15, 0.2) is 48.8 Å². The van der Waals surface area contributed by atoms with Crippen molar-refractivity contribution in [3.8, 4) is 0 Å². The Kier molecular flexibility index (Phi) is 5.30. The van der Waals surface area contributed by atoms with Gasteiger partial charge in [0, 0.05) is 25.0 Å². The first kappa shape index (κ1) is 16.5. The molecule has 1 N–H and O–H groups in total. The molecule has 23 heavy (non-hydrogen) atoms. The summed E-state index contributed by atoms with van der Waals surface area (Å²) in [6.45, 7) is 1.86. The monoisotopic (exact) mass is 314 g/mol. The summed E-state index contributed by atoms with van der Waals surface area (Å²) < 4.78 is 5.19. The number of pyridine rings is 1. The van der Waals surface area contributed by atoms with Crippen LogP contribution in [0.5, 0.6) is 0 Å². The van der Waals surface area contributed by atoms with Crippen LogP contribution < -0.4 is 0 Å². The number of nitrogens with zero attached hydrogens (tertiary/aromatic N) is 2. The van der Waals surface area contributed by atoms with Gasteiger partial charge in [-0.25, -0.2) is 9.59 Å². The second kappa shape index (κ2) is 7.40. The molecule has 2 rings (SSSR count). The third kappa shape index (κ3) is 4.06. The molecule has 1 aromatic heterocycles. The van der Waals surface area contributed by atoms with Crippen LogP contribution in [0.3, 0.4) is 0 Å². The van der Waals surface area contributed by atoms with Gasteiger partial charge in [-0.05, 0) is 24.1 Å². The second-order valence-corrected chi connectivity index (χ2v) is 5.12. The van der Waals surface area contributed by atoms with E-state index in [1.54, 1.807) is 19.2 Å². The van der Waals surface area contributed by atoms with Crippen molar-refractivity contribution < 1.29 is 19.4 Å². The zero-order chi connectivity index (χ0) is 16.8. The maximum atomic E-state index is 12.2. The second-order valence-electron chi connectivity index (χ2n) is 5.12. The summed E-state index contributed by atoms with van der Waals surface area (Å²) in [4.78, 5) is 28.8. The van der Waals surface area contributed by atoms with Gasteiger partial charge in [-0.1, -0.05) is 30.3 Å². The number of benzene rings is 1. The predicted octanol–water partition coefficient (Wildman–Crippen LogP) is 2.78. The number of carboxylic acids is 1. The highest BCUT2D eigenvalue weighted by molar-refractivity contribution is 5.81. The van der Waals surface area contributed by atoms with Crippen LogP contribution in [-0.4, -0.2) is 34.1 Å². The van der Waals surface area contributed by atoms with Crippen molar-refractivity contribution in [2.45, 2.75) is 19.6 Å². The van der Waals surface area contributed by atoms with Crippen LogP contribution in [0.1, 0.15) is 22.7 Å². The van der Waals surface area contributed by atoms with Crippen LogP contribution >= 0.6 is 0 Å². The van der Waals surface area contributed by atoms with Gasteiger partial charge >= 0.3 is 12.1 Å². The third-order valence-electron chi connectivity index (χ3n) is 3.49. The lowest BCUT2D eigenvalue weighted by Gasteiger charge is -2.25. The Hall–Kier alpha value is -2.89. The zero-order valence-electron chi connectivity index (χ0n) is 13.0. The molecule has 1 atom stereocenters. The molecule has 6 heteroatoms. The van der Waals surface area contributed by atoms with Crippen molar-refractivity contribution in [3.05, 3.63) is 65.5 Å². The standard InChI is InChI=1S/C17H18N2O4/c1-12-8-9-18-10-14(12)15(16(20)21)19(2)17(22)23-11-13-6-4-3-5-7-13/h3-10,15H,11H2,1-2H3,(H,20,21). The van der Waals surface area contributed by atoms with E-state index < -0.39 is 18.1 Å². The lowest BCUT2D eigenvalue weighted by Crippen LogP contribution is -2.36. The first-order chi connectivity index (χ1) is 11.0. The number of hydrogen-bond donors (Lipinski definition) is 1. The molecule has 0 saturated carbocycles. The van der Waals surface area contributed by atoms with Crippen molar-refractivity contribution in [2.24, 2.45) is 0 Å². The molecule has 1 aromatic carbocycles. The summed E-state index contributed by atoms with van der Waals surface area (Å²) in [5, 5.41) is 9.48. The molecule has 0 radical (unpaired) electrons. The predicted molar refractivity (Wildman–Crippen MR) is 83.7 cm³/mol. The molecule has 2 aromatic rings. The number of carbonyl (C=O) groups excluding carboxylic acids is 1. The van der Waals surface area contributed by atoms with E-state index in [0.717, 1.165) is 16.0 Å². The average Bonchev–Trinajstić information content (AvgIpc) is 2.55. The molecule has 1 unspecified atom stereocenters. The number of amides is 1. The summed E-state index contributed by atoms with van der Waals surface area (Å²) in [6.07, 6.45) is 2.32. The van der Waals surface area contributed by atoms with Gasteiger partial charge in [0.05, 0.1) is 0 Å². The van der Waals surface area contributed by atoms with Gasteiger partial charge in [0.1, 0.15) is 6.61 Å². The van der Waals surface area contributed by atoms with Crippen LogP contribution in [0.2, 0.25) is 0 Å². The quantitative estimate of drug-likeness (QED) is 0.918. The fourth-order valence-corrected chi connectivity index (χ4v) is 2.20. The molecule has 0 bridgehead atoms. The first-order valence-corrected chi connectivity index (χ1v) is 7.07. The van der Waals surface area contributed by atoms with E-state index in [9.17, 15) is 14.7 Å². The van der Waals surface area contributed by atoms with Crippen LogP contribution in [-0.2, 0) is 16.1 Å². The molecular formula is C17H18N2O4. The Labute approximate surface area is 134 Å². The van der Waals surface area contributed by atoms with E-state index in [-0.39, 0.29) is 6.61 Å². The molecule has 120 valence electrons. The number of carboxylic acid groups (broad SMARTS) is 1. The van der Waals surface area contributed by atoms with Gasteiger partial charge in [0.15, 0.2) is 6.04 Å². The molecule has 0 spiro atoms. The van der Waals surface area contributed by atoms with E-state index in [0.29, 0.717) is 5.56 Å². The van der Waals surface area contributed by atoms with Crippen LogP contribution in [0.25, 0.3) is 0 Å². The Morgan fingerprint density at radius 2 is 1.96 bits per heavy atom. The van der Waals surface area contributed by atoms with E-state index in [4.69, 9.17) is 4.74 Å².